The Labute approximate surface area is 70.4 Å². The minimum atomic E-state index is -0.209. The summed E-state index contributed by atoms with van der Waals surface area (Å²) in [6, 6.07) is 0. The Morgan fingerprint density at radius 2 is 1.92 bits per heavy atom. The van der Waals surface area contributed by atoms with Gasteiger partial charge in [0.2, 0.25) is 11.8 Å². The zero-order chi connectivity index (χ0) is 8.97. The monoisotopic (exact) mass is 172 g/mol. The highest BCUT2D eigenvalue weighted by Crippen LogP contribution is 1.97. The largest absolute Gasteiger partial charge is 0.396 e. The predicted octanol–water partition coefficient (Wildman–Crippen LogP) is -1.67. The lowest BCUT2D eigenvalue weighted by molar-refractivity contribution is -0.146. The number of imide groups is 1. The van der Waals surface area contributed by atoms with Gasteiger partial charge in [-0.1, -0.05) is 0 Å². The highest BCUT2D eigenvalue weighted by molar-refractivity contribution is 5.99. The third-order valence-corrected chi connectivity index (χ3v) is 1.69. The number of rotatable bonds is 3. The number of nitrogens with one attached hydrogen (secondary N) is 1. The SMILES string of the molecule is O=C1CNCC(=O)N1CCCO. The first-order valence-corrected chi connectivity index (χ1v) is 3.90. The maximum absolute atomic E-state index is 11.1. The van der Waals surface area contributed by atoms with Crippen molar-refractivity contribution in [1.82, 2.24) is 10.2 Å². The average molecular weight is 172 g/mol. The average Bonchev–Trinajstić information content (AvgIpc) is 2.04. The van der Waals surface area contributed by atoms with E-state index >= 15 is 0 Å². The lowest BCUT2D eigenvalue weighted by Gasteiger charge is -2.24. The summed E-state index contributed by atoms with van der Waals surface area (Å²) < 4.78 is 0. The van der Waals surface area contributed by atoms with Gasteiger partial charge >= 0.3 is 0 Å². The van der Waals surface area contributed by atoms with Crippen LogP contribution in [0.1, 0.15) is 6.42 Å². The second-order valence-corrected chi connectivity index (χ2v) is 2.62. The fraction of sp³-hybridized carbons (Fsp3) is 0.714. The van der Waals surface area contributed by atoms with E-state index in [9.17, 15) is 9.59 Å². The summed E-state index contributed by atoms with van der Waals surface area (Å²) in [6.45, 7) is 0.772. The third kappa shape index (κ3) is 2.02. The lowest BCUT2D eigenvalue weighted by atomic mass is 10.3. The molecular weight excluding hydrogens is 160 g/mol. The Hall–Kier alpha value is -0.940. The molecule has 0 spiro atoms. The topological polar surface area (TPSA) is 69.6 Å². The van der Waals surface area contributed by atoms with Crippen molar-refractivity contribution in [2.75, 3.05) is 26.2 Å². The van der Waals surface area contributed by atoms with Crippen LogP contribution in [-0.4, -0.2) is 48.1 Å². The summed E-state index contributed by atoms with van der Waals surface area (Å²) >= 11 is 0. The van der Waals surface area contributed by atoms with Gasteiger partial charge in [0.1, 0.15) is 0 Å². The Morgan fingerprint density at radius 3 is 2.42 bits per heavy atom. The number of hydrogen-bond acceptors (Lipinski definition) is 4. The maximum Gasteiger partial charge on any atom is 0.243 e. The van der Waals surface area contributed by atoms with Crippen LogP contribution in [0.4, 0.5) is 0 Å². The molecule has 12 heavy (non-hydrogen) atoms. The molecule has 1 heterocycles. The number of carbonyl (C=O) groups is 2. The van der Waals surface area contributed by atoms with E-state index < -0.39 is 0 Å². The van der Waals surface area contributed by atoms with E-state index in [4.69, 9.17) is 5.11 Å². The summed E-state index contributed by atoms with van der Waals surface area (Å²) in [5, 5.41) is 11.2. The summed E-state index contributed by atoms with van der Waals surface area (Å²) in [5.41, 5.74) is 0. The highest BCUT2D eigenvalue weighted by Gasteiger charge is 2.24. The van der Waals surface area contributed by atoms with E-state index in [-0.39, 0.29) is 31.5 Å². The van der Waals surface area contributed by atoms with Crippen molar-refractivity contribution >= 4 is 11.8 Å². The van der Waals surface area contributed by atoms with E-state index in [0.29, 0.717) is 13.0 Å². The summed E-state index contributed by atoms with van der Waals surface area (Å²) in [5.74, 6) is -0.417. The molecule has 0 saturated carbocycles. The Balaban J connectivity index is 2.45. The van der Waals surface area contributed by atoms with E-state index in [0.717, 1.165) is 0 Å². The van der Waals surface area contributed by atoms with E-state index in [1.807, 2.05) is 0 Å². The first-order valence-electron chi connectivity index (χ1n) is 3.90. The highest BCUT2D eigenvalue weighted by atomic mass is 16.3. The first kappa shape index (κ1) is 9.15. The molecule has 1 aliphatic rings. The van der Waals surface area contributed by atoms with Gasteiger partial charge in [-0.05, 0) is 6.42 Å². The first-order chi connectivity index (χ1) is 5.75. The fourth-order valence-corrected chi connectivity index (χ4v) is 1.08. The molecule has 68 valence electrons. The molecule has 1 saturated heterocycles. The number of nitrogens with zero attached hydrogens (tertiary/aromatic N) is 1. The van der Waals surface area contributed by atoms with Crippen LogP contribution in [0.3, 0.4) is 0 Å². The smallest absolute Gasteiger partial charge is 0.243 e. The van der Waals surface area contributed by atoms with E-state index in [1.165, 1.54) is 4.90 Å². The van der Waals surface area contributed by atoms with Crippen LogP contribution in [0.25, 0.3) is 0 Å². The number of piperazine rings is 1. The predicted molar refractivity (Wildman–Crippen MR) is 41.3 cm³/mol. The summed E-state index contributed by atoms with van der Waals surface area (Å²) in [7, 11) is 0. The van der Waals surface area contributed by atoms with Gasteiger partial charge in [0, 0.05) is 13.2 Å². The fourth-order valence-electron chi connectivity index (χ4n) is 1.08. The van der Waals surface area contributed by atoms with Crippen molar-refractivity contribution in [3.63, 3.8) is 0 Å². The molecule has 0 aromatic rings. The van der Waals surface area contributed by atoms with Crippen LogP contribution < -0.4 is 5.32 Å². The van der Waals surface area contributed by atoms with Gasteiger partial charge in [-0.2, -0.15) is 0 Å². The second-order valence-electron chi connectivity index (χ2n) is 2.62. The van der Waals surface area contributed by atoms with Crippen molar-refractivity contribution in [1.29, 1.82) is 0 Å². The molecule has 1 aliphatic heterocycles. The summed E-state index contributed by atoms with van der Waals surface area (Å²) in [6.07, 6.45) is 0.456. The molecule has 0 bridgehead atoms. The molecule has 0 radical (unpaired) electrons. The molecule has 5 heteroatoms. The van der Waals surface area contributed by atoms with Gasteiger partial charge in [0.15, 0.2) is 0 Å². The van der Waals surface area contributed by atoms with Crippen LogP contribution in [0.15, 0.2) is 0 Å². The van der Waals surface area contributed by atoms with Crippen LogP contribution >= 0.6 is 0 Å². The molecule has 1 fully saturated rings. The Bertz CT molecular complexity index is 177. The number of aliphatic hydroxyl groups is 1. The Kier molecular flexibility index (Phi) is 3.19. The number of aliphatic hydroxyl groups excluding tert-OH is 1. The standard InChI is InChI=1S/C7H12N2O3/c10-3-1-2-9-6(11)4-8-5-7(9)12/h8,10H,1-5H2. The van der Waals surface area contributed by atoms with Gasteiger partial charge in [-0.15, -0.1) is 0 Å². The van der Waals surface area contributed by atoms with Crippen LogP contribution in [0.5, 0.6) is 0 Å². The van der Waals surface area contributed by atoms with Crippen molar-refractivity contribution in [3.8, 4) is 0 Å². The van der Waals surface area contributed by atoms with Crippen molar-refractivity contribution < 1.29 is 14.7 Å². The van der Waals surface area contributed by atoms with Crippen LogP contribution in [-0.2, 0) is 9.59 Å². The minimum absolute atomic E-state index is 0.00445. The molecule has 2 amide bonds. The molecule has 0 aromatic carbocycles. The van der Waals surface area contributed by atoms with Gasteiger partial charge in [-0.3, -0.25) is 19.8 Å². The van der Waals surface area contributed by atoms with Gasteiger partial charge in [-0.25, -0.2) is 0 Å². The quantitative estimate of drug-likeness (QED) is 0.499. The third-order valence-electron chi connectivity index (χ3n) is 1.69. The molecule has 5 nitrogen and oxygen atoms in total. The zero-order valence-electron chi connectivity index (χ0n) is 6.75. The Morgan fingerprint density at radius 1 is 1.33 bits per heavy atom. The maximum atomic E-state index is 11.1. The van der Waals surface area contributed by atoms with Gasteiger partial charge in [0.25, 0.3) is 0 Å². The minimum Gasteiger partial charge on any atom is -0.396 e. The van der Waals surface area contributed by atoms with Gasteiger partial charge in [0.05, 0.1) is 13.1 Å². The van der Waals surface area contributed by atoms with E-state index in [2.05, 4.69) is 5.32 Å². The van der Waals surface area contributed by atoms with Crippen molar-refractivity contribution in [2.24, 2.45) is 0 Å². The van der Waals surface area contributed by atoms with Crippen molar-refractivity contribution in [3.05, 3.63) is 0 Å². The molecule has 0 atom stereocenters. The van der Waals surface area contributed by atoms with Crippen molar-refractivity contribution in [2.45, 2.75) is 6.42 Å². The molecule has 0 aliphatic carbocycles. The van der Waals surface area contributed by atoms with Crippen LogP contribution in [0.2, 0.25) is 0 Å². The van der Waals surface area contributed by atoms with E-state index in [1.54, 1.807) is 0 Å². The lowest BCUT2D eigenvalue weighted by Crippen LogP contribution is -2.52. The molecule has 0 unspecified atom stereocenters. The number of hydrogen-bond donors (Lipinski definition) is 2. The zero-order valence-corrected chi connectivity index (χ0v) is 6.75. The molecule has 0 aromatic heterocycles. The second kappa shape index (κ2) is 4.18. The van der Waals surface area contributed by atoms with Gasteiger partial charge < -0.3 is 5.11 Å². The molecule has 2 N–H and O–H groups in total. The molecular formula is C7H12N2O3. The van der Waals surface area contributed by atoms with Crippen LogP contribution in [0, 0.1) is 0 Å². The number of carbonyl (C=O) groups excluding carboxylic acids is 2. The summed E-state index contributed by atoms with van der Waals surface area (Å²) in [4.78, 5) is 23.3. The normalized spacial score (nSPS) is 18.6. The molecule has 1 rings (SSSR count). The number of amides is 2.